The van der Waals surface area contributed by atoms with E-state index >= 15 is 0 Å². The number of hydrogen-bond acceptors (Lipinski definition) is 4. The third-order valence-electron chi connectivity index (χ3n) is 6.91. The summed E-state index contributed by atoms with van der Waals surface area (Å²) in [5, 5.41) is 0. The maximum Gasteiger partial charge on any atom is 0.347 e. The van der Waals surface area contributed by atoms with Gasteiger partial charge in [-0.15, -0.1) is 26.3 Å². The average molecular weight is 569 g/mol. The molecule has 0 aromatic rings. The zero-order valence-electron chi connectivity index (χ0n) is 24.7. The molecule has 0 aliphatic carbocycles. The first kappa shape index (κ1) is 33.7. The van der Waals surface area contributed by atoms with Crippen LogP contribution < -0.4 is 0 Å². The van der Waals surface area contributed by atoms with Gasteiger partial charge in [-0.25, -0.2) is 0 Å². The summed E-state index contributed by atoms with van der Waals surface area (Å²) in [6.07, 6.45) is 4.03. The molecule has 0 amide bonds. The molecule has 36 heavy (non-hydrogen) atoms. The highest BCUT2D eigenvalue weighted by Gasteiger charge is 2.59. The van der Waals surface area contributed by atoms with Gasteiger partial charge in [0, 0.05) is 0 Å². The van der Waals surface area contributed by atoms with Gasteiger partial charge in [-0.3, -0.25) is 0 Å². The molecule has 0 saturated carbocycles. The summed E-state index contributed by atoms with van der Waals surface area (Å²) in [5.74, 6) is 2.14. The Balaban J connectivity index is 3.75. The minimum atomic E-state index is -2.90. The van der Waals surface area contributed by atoms with Crippen molar-refractivity contribution in [2.24, 2.45) is 23.7 Å². The molecule has 1 fully saturated rings. The van der Waals surface area contributed by atoms with Crippen LogP contribution in [0.3, 0.4) is 0 Å². The topological polar surface area (TPSA) is 36.9 Å². The fourth-order valence-corrected chi connectivity index (χ4v) is 26.6. The van der Waals surface area contributed by atoms with Crippen LogP contribution in [0.15, 0.2) is 49.1 Å². The molecular weight excluding hydrogens is 513 g/mol. The van der Waals surface area contributed by atoms with Crippen LogP contribution in [0.4, 0.5) is 0 Å². The summed E-state index contributed by atoms with van der Waals surface area (Å²) >= 11 is 0. The van der Waals surface area contributed by atoms with Gasteiger partial charge < -0.3 is 16.5 Å². The Hall–Kier alpha value is -0.332. The molecule has 4 nitrogen and oxygen atoms in total. The predicted octanol–water partition coefficient (Wildman–Crippen LogP) is 8.92. The second-order valence-corrected chi connectivity index (χ2v) is 25.6. The van der Waals surface area contributed by atoms with Crippen molar-refractivity contribution in [1.29, 1.82) is 0 Å². The molecule has 0 N–H and O–H groups in total. The second kappa shape index (κ2) is 14.7. The third-order valence-corrected chi connectivity index (χ3v) is 24.4. The van der Waals surface area contributed by atoms with Gasteiger partial charge in [0.15, 0.2) is 0 Å². The van der Waals surface area contributed by atoms with E-state index < -0.39 is 34.2 Å². The smallest absolute Gasteiger partial charge is 0.347 e. The van der Waals surface area contributed by atoms with E-state index in [0.717, 1.165) is 49.9 Å². The van der Waals surface area contributed by atoms with Gasteiger partial charge >= 0.3 is 34.2 Å². The van der Waals surface area contributed by atoms with E-state index in [4.69, 9.17) is 16.5 Å². The first-order valence-electron chi connectivity index (χ1n) is 14.1. The minimum absolute atomic E-state index is 0.535. The largest absolute Gasteiger partial charge is 0.409 e. The summed E-state index contributed by atoms with van der Waals surface area (Å²) < 4.78 is 29.1. The van der Waals surface area contributed by atoms with Crippen molar-refractivity contribution in [3.05, 3.63) is 49.1 Å². The van der Waals surface area contributed by atoms with Crippen LogP contribution in [0.5, 0.6) is 0 Å². The fraction of sp³-hybridized carbons (Fsp3) is 0.714. The van der Waals surface area contributed by atoms with Crippen LogP contribution in [0.2, 0.25) is 24.2 Å². The number of hydrogen-bond donors (Lipinski definition) is 0. The van der Waals surface area contributed by atoms with E-state index in [-0.39, 0.29) is 0 Å². The van der Waals surface area contributed by atoms with Gasteiger partial charge in [0.25, 0.3) is 0 Å². The van der Waals surface area contributed by atoms with Gasteiger partial charge in [0.1, 0.15) is 0 Å². The van der Waals surface area contributed by atoms with Gasteiger partial charge in [0.2, 0.25) is 0 Å². The lowest BCUT2D eigenvalue weighted by Crippen LogP contribution is -2.69. The van der Waals surface area contributed by atoms with Crippen molar-refractivity contribution < 1.29 is 16.5 Å². The third kappa shape index (κ3) is 10.1. The van der Waals surface area contributed by atoms with Crippen LogP contribution in [0.1, 0.15) is 81.1 Å². The molecular formula is C28H56O4Si4. The lowest BCUT2D eigenvalue weighted by Gasteiger charge is -2.51. The van der Waals surface area contributed by atoms with Crippen LogP contribution in [0, 0.1) is 23.7 Å². The summed E-state index contributed by atoms with van der Waals surface area (Å²) in [6, 6.07) is 3.35. The van der Waals surface area contributed by atoms with Crippen molar-refractivity contribution in [3.63, 3.8) is 0 Å². The molecule has 0 bridgehead atoms. The quantitative estimate of drug-likeness (QED) is 0.174. The van der Waals surface area contributed by atoms with Crippen molar-refractivity contribution in [1.82, 2.24) is 0 Å². The Bertz CT molecular complexity index is 592. The second-order valence-electron chi connectivity index (χ2n) is 12.2. The van der Waals surface area contributed by atoms with E-state index in [1.165, 1.54) is 0 Å². The summed E-state index contributed by atoms with van der Waals surface area (Å²) in [4.78, 5) is 0. The van der Waals surface area contributed by atoms with Crippen molar-refractivity contribution in [2.45, 2.75) is 105 Å². The lowest BCUT2D eigenvalue weighted by atomic mass is 10.2. The monoisotopic (exact) mass is 568 g/mol. The molecule has 0 aromatic carbocycles. The normalized spacial score (nSPS) is 31.4. The molecule has 0 atom stereocenters. The fourth-order valence-electron chi connectivity index (χ4n) is 4.36. The molecule has 8 heteroatoms. The standard InChI is InChI=1S/C28H56O4Si4/c1-13-33(21-17-25(5)6)29-34(14-2,22-18-26(7)8)31-36(16-4,24-20-28(11)12)32-35(15-3,30-33)23-19-27(9)10/h13-16,25-28H,1-4,17-24H2,5-12H3. The molecule has 0 unspecified atom stereocenters. The highest BCUT2D eigenvalue weighted by Crippen LogP contribution is 2.41. The summed E-state index contributed by atoms with van der Waals surface area (Å²) in [5.41, 5.74) is 7.94. The average Bonchev–Trinajstić information content (AvgIpc) is 2.81. The van der Waals surface area contributed by atoms with Crippen LogP contribution >= 0.6 is 0 Å². The minimum Gasteiger partial charge on any atom is -0.409 e. The van der Waals surface area contributed by atoms with Crippen LogP contribution in [-0.4, -0.2) is 34.2 Å². The van der Waals surface area contributed by atoms with Gasteiger partial charge in [0.05, 0.1) is 0 Å². The van der Waals surface area contributed by atoms with Crippen molar-refractivity contribution >= 4 is 34.2 Å². The molecule has 1 aliphatic heterocycles. The molecule has 0 radical (unpaired) electrons. The van der Waals surface area contributed by atoms with E-state index in [1.807, 2.05) is 22.8 Å². The zero-order valence-corrected chi connectivity index (χ0v) is 28.7. The highest BCUT2D eigenvalue weighted by molar-refractivity contribution is 6.99. The Morgan fingerprint density at radius 1 is 0.417 bits per heavy atom. The SMILES string of the molecule is C=C[Si]1(CCC(C)C)O[Si](C=C)(CCC(C)C)O[Si](C=C)(CCC(C)C)O[Si](C=C)(CCC(C)C)O1. The predicted molar refractivity (Wildman–Crippen MR) is 165 cm³/mol. The Morgan fingerprint density at radius 2 is 0.583 bits per heavy atom. The molecule has 0 spiro atoms. The van der Waals surface area contributed by atoms with Crippen LogP contribution in [-0.2, 0) is 16.5 Å². The van der Waals surface area contributed by atoms with Crippen molar-refractivity contribution in [2.75, 3.05) is 0 Å². The van der Waals surface area contributed by atoms with Gasteiger partial charge in [-0.2, -0.15) is 0 Å². The van der Waals surface area contributed by atoms with Gasteiger partial charge in [-0.1, -0.05) is 78.2 Å². The zero-order chi connectivity index (χ0) is 27.6. The first-order valence-corrected chi connectivity index (χ1v) is 22.5. The summed E-state index contributed by atoms with van der Waals surface area (Å²) in [6.45, 7) is 35.1. The van der Waals surface area contributed by atoms with E-state index in [9.17, 15) is 0 Å². The van der Waals surface area contributed by atoms with E-state index in [1.54, 1.807) is 0 Å². The molecule has 1 saturated heterocycles. The van der Waals surface area contributed by atoms with Gasteiger partial charge in [-0.05, 0) is 73.5 Å². The Kier molecular flexibility index (Phi) is 13.8. The molecule has 0 aromatic heterocycles. The Labute approximate surface area is 228 Å². The number of rotatable bonds is 16. The highest BCUT2D eigenvalue weighted by atomic mass is 28.5. The Morgan fingerprint density at radius 3 is 0.694 bits per heavy atom. The molecule has 1 rings (SSSR count). The van der Waals surface area contributed by atoms with Crippen molar-refractivity contribution in [3.8, 4) is 0 Å². The molecule has 1 heterocycles. The van der Waals surface area contributed by atoms with Crippen LogP contribution in [0.25, 0.3) is 0 Å². The first-order chi connectivity index (χ1) is 16.7. The van der Waals surface area contributed by atoms with E-state index in [2.05, 4.69) is 81.7 Å². The molecule has 208 valence electrons. The van der Waals surface area contributed by atoms with E-state index in [0.29, 0.717) is 23.7 Å². The maximum absolute atomic E-state index is 7.28. The maximum atomic E-state index is 7.28. The summed E-state index contributed by atoms with van der Waals surface area (Å²) in [7, 11) is -11.6. The lowest BCUT2D eigenvalue weighted by molar-refractivity contribution is 0.229. The molecule has 1 aliphatic rings.